The lowest BCUT2D eigenvalue weighted by Gasteiger charge is -2.12. The number of nitrogens with zero attached hydrogens (tertiary/aromatic N) is 2. The molecule has 0 bridgehead atoms. The van der Waals surface area contributed by atoms with Gasteiger partial charge in [0.2, 0.25) is 0 Å². The van der Waals surface area contributed by atoms with Crippen molar-refractivity contribution in [2.75, 3.05) is 19.8 Å². The van der Waals surface area contributed by atoms with Crippen LogP contribution in [0.25, 0.3) is 6.08 Å². The summed E-state index contributed by atoms with van der Waals surface area (Å²) in [5.41, 5.74) is 0.667. The zero-order valence-electron chi connectivity index (χ0n) is 18.1. The van der Waals surface area contributed by atoms with E-state index in [1.54, 1.807) is 24.3 Å². The minimum absolute atomic E-state index is 0.154. The van der Waals surface area contributed by atoms with E-state index in [2.05, 4.69) is 0 Å². The van der Waals surface area contributed by atoms with Crippen molar-refractivity contribution in [1.82, 2.24) is 4.90 Å². The normalized spacial score (nSPS) is 14.6. The smallest absolute Gasteiger partial charge is 0.293 e. The molecule has 0 radical (unpaired) electrons. The van der Waals surface area contributed by atoms with Crippen LogP contribution in [0.3, 0.4) is 0 Å². The monoisotopic (exact) mass is 470 g/mol. The molecule has 1 heterocycles. The summed E-state index contributed by atoms with van der Waals surface area (Å²) in [6, 6.07) is 10.2. The average molecular weight is 471 g/mol. The number of nitro groups is 1. The highest BCUT2D eigenvalue weighted by Crippen LogP contribution is 2.35. The first-order chi connectivity index (χ1) is 15.8. The number of thioether (sulfide) groups is 1. The number of hydrogen-bond donors (Lipinski definition) is 0. The first-order valence-corrected chi connectivity index (χ1v) is 11.1. The van der Waals surface area contributed by atoms with E-state index in [-0.39, 0.29) is 16.2 Å². The second-order valence-corrected chi connectivity index (χ2v) is 7.98. The second kappa shape index (κ2) is 10.8. The topological polar surface area (TPSA) is 116 Å². The number of amides is 2. The molecule has 172 valence electrons. The Morgan fingerprint density at radius 3 is 2.45 bits per heavy atom. The average Bonchev–Trinajstić information content (AvgIpc) is 3.06. The van der Waals surface area contributed by atoms with Gasteiger partial charge in [-0.25, -0.2) is 0 Å². The number of ether oxygens (including phenoxy) is 2. The van der Waals surface area contributed by atoms with Crippen molar-refractivity contribution in [3.63, 3.8) is 0 Å². The number of non-ortho nitro benzene ring substituents is 1. The number of rotatable bonds is 10. The molecule has 0 aliphatic carbocycles. The lowest BCUT2D eigenvalue weighted by molar-refractivity contribution is -0.384. The molecule has 9 nitrogen and oxygen atoms in total. The van der Waals surface area contributed by atoms with Crippen molar-refractivity contribution in [2.24, 2.45) is 0 Å². The molecule has 0 spiro atoms. The van der Waals surface area contributed by atoms with Gasteiger partial charge in [-0.2, -0.15) is 0 Å². The molecule has 0 unspecified atom stereocenters. The summed E-state index contributed by atoms with van der Waals surface area (Å²) in [5.74, 6) is 0.0546. The summed E-state index contributed by atoms with van der Waals surface area (Å²) in [4.78, 5) is 48.9. The fourth-order valence-electron chi connectivity index (χ4n) is 3.01. The van der Waals surface area contributed by atoms with E-state index in [9.17, 15) is 24.5 Å². The molecule has 1 aliphatic rings. The maximum absolute atomic E-state index is 12.8. The predicted octanol–water partition coefficient (Wildman–Crippen LogP) is 4.70. The molecule has 0 aromatic heterocycles. The highest BCUT2D eigenvalue weighted by atomic mass is 32.2. The largest absolute Gasteiger partial charge is 0.490 e. The van der Waals surface area contributed by atoms with Crippen LogP contribution >= 0.6 is 11.8 Å². The van der Waals surface area contributed by atoms with Gasteiger partial charge in [-0.3, -0.25) is 29.4 Å². The summed E-state index contributed by atoms with van der Waals surface area (Å²) in [6.07, 6.45) is 2.41. The van der Waals surface area contributed by atoms with Crippen molar-refractivity contribution in [3.8, 4) is 11.5 Å². The van der Waals surface area contributed by atoms with Gasteiger partial charge in [0.05, 0.1) is 29.6 Å². The van der Waals surface area contributed by atoms with Gasteiger partial charge in [-0.05, 0) is 61.0 Å². The zero-order chi connectivity index (χ0) is 24.0. The predicted molar refractivity (Wildman–Crippen MR) is 124 cm³/mol. The molecule has 2 aromatic rings. The third-order valence-corrected chi connectivity index (χ3v) is 5.51. The minimum atomic E-state index is -0.579. The van der Waals surface area contributed by atoms with Gasteiger partial charge >= 0.3 is 0 Å². The van der Waals surface area contributed by atoms with Gasteiger partial charge in [0.15, 0.2) is 17.3 Å². The molecule has 2 aromatic carbocycles. The zero-order valence-corrected chi connectivity index (χ0v) is 18.9. The first-order valence-electron chi connectivity index (χ1n) is 10.3. The molecule has 0 saturated carbocycles. The molecule has 1 saturated heterocycles. The van der Waals surface area contributed by atoms with Gasteiger partial charge in [0, 0.05) is 17.7 Å². The third-order valence-electron chi connectivity index (χ3n) is 4.60. The Morgan fingerprint density at radius 1 is 1.09 bits per heavy atom. The third kappa shape index (κ3) is 5.78. The van der Waals surface area contributed by atoms with E-state index in [0.717, 1.165) is 23.1 Å². The standard InChI is InChI=1S/C23H22N2O7S/c1-3-11-32-19-10-5-15(12-20(19)31-4-2)13-21-22(27)24(23(28)33-21)14-18(26)16-6-8-17(9-7-16)25(29)30/h5-10,12-13H,3-4,11,14H2,1-2H3/b21-13-. The minimum Gasteiger partial charge on any atom is -0.490 e. The maximum Gasteiger partial charge on any atom is 0.293 e. The summed E-state index contributed by atoms with van der Waals surface area (Å²) < 4.78 is 11.3. The van der Waals surface area contributed by atoms with Gasteiger partial charge in [0.1, 0.15) is 0 Å². The van der Waals surface area contributed by atoms with Gasteiger partial charge < -0.3 is 9.47 Å². The molecule has 1 fully saturated rings. The first kappa shape index (κ1) is 24.0. The van der Waals surface area contributed by atoms with Gasteiger partial charge in [-0.15, -0.1) is 0 Å². The summed E-state index contributed by atoms with van der Waals surface area (Å²) in [6.45, 7) is 4.38. The molecule has 33 heavy (non-hydrogen) atoms. The van der Waals surface area contributed by atoms with Crippen molar-refractivity contribution < 1.29 is 28.8 Å². The number of hydrogen-bond acceptors (Lipinski definition) is 8. The van der Waals surface area contributed by atoms with Crippen molar-refractivity contribution in [1.29, 1.82) is 0 Å². The van der Waals surface area contributed by atoms with E-state index >= 15 is 0 Å². The number of nitro benzene ring substituents is 1. The van der Waals surface area contributed by atoms with Crippen LogP contribution in [0.5, 0.6) is 11.5 Å². The fraction of sp³-hybridized carbons (Fsp3) is 0.261. The van der Waals surface area contributed by atoms with E-state index in [1.165, 1.54) is 24.3 Å². The van der Waals surface area contributed by atoms with Crippen LogP contribution in [0.4, 0.5) is 10.5 Å². The summed E-state index contributed by atoms with van der Waals surface area (Å²) in [7, 11) is 0. The van der Waals surface area contributed by atoms with Gasteiger partial charge in [-0.1, -0.05) is 13.0 Å². The fourth-order valence-corrected chi connectivity index (χ4v) is 3.84. The summed E-state index contributed by atoms with van der Waals surface area (Å²) in [5, 5.41) is 10.2. The maximum atomic E-state index is 12.8. The van der Waals surface area contributed by atoms with Crippen molar-refractivity contribution in [2.45, 2.75) is 20.3 Å². The van der Waals surface area contributed by atoms with E-state index < -0.39 is 28.4 Å². The van der Waals surface area contributed by atoms with E-state index in [1.807, 2.05) is 13.8 Å². The number of benzene rings is 2. The SMILES string of the molecule is CCCOc1ccc(/C=C2\SC(=O)N(CC(=O)c3ccc([N+](=O)[O-])cc3)C2=O)cc1OCC. The molecule has 0 N–H and O–H groups in total. The number of Topliss-reactive ketones (excluding diaryl/α,β-unsaturated/α-hetero) is 1. The molecule has 2 amide bonds. The Kier molecular flexibility index (Phi) is 7.83. The quantitative estimate of drug-likeness (QED) is 0.212. The highest BCUT2D eigenvalue weighted by molar-refractivity contribution is 8.18. The van der Waals surface area contributed by atoms with Crippen LogP contribution < -0.4 is 9.47 Å². The Balaban J connectivity index is 1.75. The van der Waals surface area contributed by atoms with Crippen molar-refractivity contribution in [3.05, 3.63) is 68.6 Å². The molecule has 0 atom stereocenters. The lowest BCUT2D eigenvalue weighted by Crippen LogP contribution is -2.33. The van der Waals surface area contributed by atoms with Crippen LogP contribution in [-0.4, -0.2) is 46.5 Å². The van der Waals surface area contributed by atoms with Crippen LogP contribution in [-0.2, 0) is 4.79 Å². The highest BCUT2D eigenvalue weighted by Gasteiger charge is 2.36. The number of ketones is 1. The van der Waals surface area contributed by atoms with Gasteiger partial charge in [0.25, 0.3) is 16.8 Å². The van der Waals surface area contributed by atoms with Crippen molar-refractivity contribution >= 4 is 40.5 Å². The Hall–Kier alpha value is -3.66. The molecule has 1 aliphatic heterocycles. The summed E-state index contributed by atoms with van der Waals surface area (Å²) >= 11 is 0.742. The van der Waals surface area contributed by atoms with Crippen LogP contribution in [0.1, 0.15) is 36.2 Å². The Labute approximate surface area is 194 Å². The number of carbonyl (C=O) groups is 3. The molecular weight excluding hydrogens is 448 g/mol. The lowest BCUT2D eigenvalue weighted by atomic mass is 10.1. The Morgan fingerprint density at radius 2 is 1.82 bits per heavy atom. The van der Waals surface area contributed by atoms with Crippen LogP contribution in [0.15, 0.2) is 47.4 Å². The molecule has 3 rings (SSSR count). The second-order valence-electron chi connectivity index (χ2n) is 6.98. The molecular formula is C23H22N2O7S. The van der Waals surface area contributed by atoms with E-state index in [0.29, 0.717) is 30.3 Å². The Bertz CT molecular complexity index is 1110. The van der Waals surface area contributed by atoms with Crippen LogP contribution in [0, 0.1) is 10.1 Å². The number of imide groups is 1. The number of carbonyl (C=O) groups excluding carboxylic acids is 3. The van der Waals surface area contributed by atoms with E-state index in [4.69, 9.17) is 9.47 Å². The molecule has 10 heteroatoms. The van der Waals surface area contributed by atoms with Crippen LogP contribution in [0.2, 0.25) is 0 Å².